The number of hydrogen-bond donors (Lipinski definition) is 1. The van der Waals surface area contributed by atoms with Crippen LogP contribution in [0.15, 0.2) is 45.8 Å². The number of ether oxygens (including phenoxy) is 1. The van der Waals surface area contributed by atoms with Gasteiger partial charge in [-0.25, -0.2) is 9.78 Å². The van der Waals surface area contributed by atoms with Gasteiger partial charge in [0.1, 0.15) is 6.61 Å². The number of nitrogen functional groups attached to an aromatic ring is 1. The summed E-state index contributed by atoms with van der Waals surface area (Å²) in [5, 5.41) is 4.58. The fourth-order valence-corrected chi connectivity index (χ4v) is 2.87. The summed E-state index contributed by atoms with van der Waals surface area (Å²) in [4.78, 5) is 27.5. The van der Waals surface area contributed by atoms with E-state index >= 15 is 0 Å². The van der Waals surface area contributed by atoms with Crippen LogP contribution in [0.5, 0.6) is 0 Å². The van der Waals surface area contributed by atoms with Gasteiger partial charge in [-0.05, 0) is 17.3 Å². The smallest absolute Gasteiger partial charge is 0.340 e. The molecule has 0 radical (unpaired) electrons. The quantitative estimate of drug-likeness (QED) is 0.364. The van der Waals surface area contributed by atoms with E-state index in [1.54, 1.807) is 11.8 Å². The highest BCUT2D eigenvalue weighted by molar-refractivity contribution is 7.99. The Labute approximate surface area is 129 Å². The van der Waals surface area contributed by atoms with E-state index in [2.05, 4.69) is 10.2 Å². The van der Waals surface area contributed by atoms with E-state index < -0.39 is 12.0 Å². The molecule has 1 heterocycles. The maximum Gasteiger partial charge on any atom is 0.340 e. The van der Waals surface area contributed by atoms with Gasteiger partial charge in [0, 0.05) is 16.0 Å². The van der Waals surface area contributed by atoms with Crippen molar-refractivity contribution in [3.05, 3.63) is 46.3 Å². The molecule has 110 valence electrons. The van der Waals surface area contributed by atoms with Crippen LogP contribution in [0.2, 0.25) is 0 Å². The summed E-state index contributed by atoms with van der Waals surface area (Å²) in [6.07, 6.45) is 0. The molecule has 0 amide bonds. The summed E-state index contributed by atoms with van der Waals surface area (Å²) in [6.45, 7) is 0.198. The molecular weight excluding hydrogens is 310 g/mol. The van der Waals surface area contributed by atoms with E-state index in [4.69, 9.17) is 10.5 Å². The lowest BCUT2D eigenvalue weighted by Crippen LogP contribution is -2.16. The van der Waals surface area contributed by atoms with Gasteiger partial charge in [0.2, 0.25) is 6.04 Å². The molecule has 2 rings (SSSR count). The maximum absolute atomic E-state index is 11.8. The number of hydrogen-bond acceptors (Lipinski definition) is 8. The average Bonchev–Trinajstić information content (AvgIpc) is 2.92. The molecule has 1 atom stereocenters. The highest BCUT2D eigenvalue weighted by Crippen LogP contribution is 2.23. The first-order valence-electron chi connectivity index (χ1n) is 6.08. The predicted molar refractivity (Wildman–Crippen MR) is 83.2 cm³/mol. The highest BCUT2D eigenvalue weighted by Gasteiger charge is 2.25. The summed E-state index contributed by atoms with van der Waals surface area (Å²) < 4.78 is 5.05. The first-order valence-corrected chi connectivity index (χ1v) is 7.95. The van der Waals surface area contributed by atoms with E-state index in [9.17, 15) is 9.70 Å². The molecule has 0 fully saturated rings. The Kier molecular flexibility index (Phi) is 5.70. The van der Waals surface area contributed by atoms with Crippen molar-refractivity contribution in [2.45, 2.75) is 10.9 Å². The number of benzene rings is 1. The molecule has 0 aliphatic carbocycles. The van der Waals surface area contributed by atoms with E-state index in [0.717, 1.165) is 16.2 Å². The number of esters is 1. The largest absolute Gasteiger partial charge is 0.463 e. The minimum atomic E-state index is -1.25. The fourth-order valence-electron chi connectivity index (χ4n) is 1.54. The average molecular weight is 323 g/mol. The number of thioether (sulfide) groups is 1. The van der Waals surface area contributed by atoms with Gasteiger partial charge in [-0.15, -0.1) is 28.0 Å². The molecule has 0 saturated carbocycles. The van der Waals surface area contributed by atoms with E-state index in [-0.39, 0.29) is 17.4 Å². The van der Waals surface area contributed by atoms with Crippen molar-refractivity contribution in [3.8, 4) is 0 Å². The minimum Gasteiger partial charge on any atom is -0.463 e. The molecule has 0 aliphatic rings. The van der Waals surface area contributed by atoms with Crippen molar-refractivity contribution in [2.24, 2.45) is 5.18 Å². The number of thiazole rings is 1. The van der Waals surface area contributed by atoms with Crippen molar-refractivity contribution in [1.29, 1.82) is 0 Å². The third-order valence-corrected chi connectivity index (χ3v) is 4.16. The zero-order chi connectivity index (χ0) is 15.1. The Morgan fingerprint density at radius 1 is 1.43 bits per heavy atom. The van der Waals surface area contributed by atoms with Gasteiger partial charge in [0.15, 0.2) is 5.13 Å². The number of nitrogens with two attached hydrogens (primary N) is 1. The molecule has 0 aliphatic heterocycles. The van der Waals surface area contributed by atoms with Crippen LogP contribution in [0.25, 0.3) is 0 Å². The predicted octanol–water partition coefficient (Wildman–Crippen LogP) is 2.87. The molecule has 21 heavy (non-hydrogen) atoms. The van der Waals surface area contributed by atoms with Crippen molar-refractivity contribution in [2.75, 3.05) is 18.1 Å². The SMILES string of the molecule is Nc1nc(C(N=O)C(=O)OCCSc2ccccc2)cs1. The van der Waals surface area contributed by atoms with Crippen molar-refractivity contribution >= 4 is 34.2 Å². The maximum atomic E-state index is 11.8. The summed E-state index contributed by atoms with van der Waals surface area (Å²) >= 11 is 2.71. The molecule has 1 aromatic carbocycles. The Hall–Kier alpha value is -1.93. The number of nitrogens with zero attached hydrogens (tertiary/aromatic N) is 2. The lowest BCUT2D eigenvalue weighted by atomic mass is 10.2. The van der Waals surface area contributed by atoms with Crippen molar-refractivity contribution < 1.29 is 9.53 Å². The van der Waals surface area contributed by atoms with Gasteiger partial charge >= 0.3 is 5.97 Å². The molecular formula is C13H13N3O3S2. The third kappa shape index (κ3) is 4.54. The standard InChI is InChI=1S/C13H13N3O3S2/c14-13-15-10(8-21-13)11(16-18)12(17)19-6-7-20-9-4-2-1-3-5-9/h1-5,8,11H,6-7H2,(H2,14,15). The second kappa shape index (κ2) is 7.75. The first-order chi connectivity index (χ1) is 10.2. The van der Waals surface area contributed by atoms with Crippen LogP contribution >= 0.6 is 23.1 Å². The van der Waals surface area contributed by atoms with E-state index in [1.165, 1.54) is 5.38 Å². The second-order valence-electron chi connectivity index (χ2n) is 3.95. The van der Waals surface area contributed by atoms with Crippen LogP contribution < -0.4 is 5.73 Å². The molecule has 1 aromatic heterocycles. The van der Waals surface area contributed by atoms with Gasteiger partial charge in [-0.3, -0.25) is 0 Å². The van der Waals surface area contributed by atoms with Gasteiger partial charge < -0.3 is 10.5 Å². The number of carbonyl (C=O) groups is 1. The van der Waals surface area contributed by atoms with Gasteiger partial charge in [0.25, 0.3) is 0 Å². The number of carbonyl (C=O) groups excluding carboxylic acids is 1. The van der Waals surface area contributed by atoms with Crippen LogP contribution in [0.3, 0.4) is 0 Å². The van der Waals surface area contributed by atoms with Gasteiger partial charge in [-0.1, -0.05) is 18.2 Å². The summed E-state index contributed by atoms with van der Waals surface area (Å²) in [5.74, 6) is -0.107. The fraction of sp³-hybridized carbons (Fsp3) is 0.231. The monoisotopic (exact) mass is 323 g/mol. The molecule has 8 heteroatoms. The summed E-state index contributed by atoms with van der Waals surface area (Å²) in [6, 6.07) is 8.51. The van der Waals surface area contributed by atoms with Crippen LogP contribution in [-0.2, 0) is 9.53 Å². The molecule has 0 saturated heterocycles. The van der Waals surface area contributed by atoms with Crippen molar-refractivity contribution in [1.82, 2.24) is 4.98 Å². The minimum absolute atomic E-state index is 0.198. The Balaban J connectivity index is 1.79. The Morgan fingerprint density at radius 3 is 2.81 bits per heavy atom. The normalized spacial score (nSPS) is 11.8. The van der Waals surface area contributed by atoms with Crippen LogP contribution in [0.1, 0.15) is 11.7 Å². The highest BCUT2D eigenvalue weighted by atomic mass is 32.2. The lowest BCUT2D eigenvalue weighted by molar-refractivity contribution is -0.144. The van der Waals surface area contributed by atoms with E-state index in [0.29, 0.717) is 5.75 Å². The van der Waals surface area contributed by atoms with Crippen LogP contribution in [-0.4, -0.2) is 23.3 Å². The van der Waals surface area contributed by atoms with Crippen LogP contribution in [0, 0.1) is 4.91 Å². The second-order valence-corrected chi connectivity index (χ2v) is 6.01. The van der Waals surface area contributed by atoms with Crippen LogP contribution in [0.4, 0.5) is 5.13 Å². The lowest BCUT2D eigenvalue weighted by Gasteiger charge is -2.07. The molecule has 1 unspecified atom stereocenters. The molecule has 2 aromatic rings. The molecule has 6 nitrogen and oxygen atoms in total. The van der Waals surface area contributed by atoms with Gasteiger partial charge in [-0.2, -0.15) is 0 Å². The zero-order valence-electron chi connectivity index (χ0n) is 11.0. The van der Waals surface area contributed by atoms with Gasteiger partial charge in [0.05, 0.1) is 5.69 Å². The van der Waals surface area contributed by atoms with E-state index in [1.807, 2.05) is 30.3 Å². The van der Waals surface area contributed by atoms with Crippen molar-refractivity contribution in [3.63, 3.8) is 0 Å². The third-order valence-electron chi connectivity index (χ3n) is 2.49. The zero-order valence-corrected chi connectivity index (χ0v) is 12.6. The summed E-state index contributed by atoms with van der Waals surface area (Å²) in [7, 11) is 0. The summed E-state index contributed by atoms with van der Waals surface area (Å²) in [5.41, 5.74) is 5.70. The Bertz CT molecular complexity index is 604. The molecule has 0 spiro atoms. The number of aromatic nitrogens is 1. The number of rotatable bonds is 7. The number of anilines is 1. The molecule has 2 N–H and O–H groups in total. The number of nitroso groups, excluding NO2 is 1. The topological polar surface area (TPSA) is 94.6 Å². The molecule has 0 bridgehead atoms. The first kappa shape index (κ1) is 15.5. The Morgan fingerprint density at radius 2 is 2.19 bits per heavy atom.